The van der Waals surface area contributed by atoms with Gasteiger partial charge in [0.05, 0.1) is 10.2 Å². The minimum Gasteiger partial charge on any atom is -0.385 e. The molecule has 1 N–H and O–H groups in total. The van der Waals surface area contributed by atoms with Crippen molar-refractivity contribution in [3.8, 4) is 0 Å². The van der Waals surface area contributed by atoms with Gasteiger partial charge in [-0.2, -0.15) is 0 Å². The normalized spacial score (nSPS) is 12.9. The summed E-state index contributed by atoms with van der Waals surface area (Å²) in [4.78, 5) is 14.6. The molecule has 1 atom stereocenters. The number of aldehydes is 1. The molecule has 2 aromatic rings. The molecule has 15 heavy (non-hydrogen) atoms. The molecular formula is C10H9NO2S2. The van der Waals surface area contributed by atoms with Crippen molar-refractivity contribution in [2.45, 2.75) is 10.4 Å². The van der Waals surface area contributed by atoms with Crippen molar-refractivity contribution in [2.24, 2.45) is 0 Å². The van der Waals surface area contributed by atoms with Gasteiger partial charge in [0.15, 0.2) is 4.34 Å². The highest BCUT2D eigenvalue weighted by atomic mass is 32.2. The first-order valence-corrected chi connectivity index (χ1v) is 6.21. The molecule has 1 aromatic carbocycles. The maximum Gasteiger partial charge on any atom is 0.151 e. The summed E-state index contributed by atoms with van der Waals surface area (Å²) >= 11 is 2.98. The third-order valence-corrected chi connectivity index (χ3v) is 4.09. The van der Waals surface area contributed by atoms with Crippen molar-refractivity contribution in [3.63, 3.8) is 0 Å². The molecule has 0 aliphatic carbocycles. The summed E-state index contributed by atoms with van der Waals surface area (Å²) in [6.07, 6.45) is -0.359. The van der Waals surface area contributed by atoms with Crippen LogP contribution in [0, 0.1) is 0 Å². The molecule has 2 rings (SSSR count). The van der Waals surface area contributed by atoms with Crippen molar-refractivity contribution < 1.29 is 9.90 Å². The smallest absolute Gasteiger partial charge is 0.151 e. The Kier molecular flexibility index (Phi) is 3.35. The number of nitrogens with zero attached hydrogens (tertiary/aromatic N) is 1. The molecule has 0 aliphatic rings. The van der Waals surface area contributed by atoms with Crippen LogP contribution in [0.4, 0.5) is 0 Å². The Labute approximate surface area is 95.1 Å². The number of hydrogen-bond acceptors (Lipinski definition) is 5. The Morgan fingerprint density at radius 1 is 1.53 bits per heavy atom. The van der Waals surface area contributed by atoms with Gasteiger partial charge >= 0.3 is 0 Å². The quantitative estimate of drug-likeness (QED) is 0.654. The number of benzene rings is 1. The van der Waals surface area contributed by atoms with E-state index in [-0.39, 0.29) is 0 Å². The summed E-state index contributed by atoms with van der Waals surface area (Å²) in [5.74, 6) is 0.364. The second-order valence-corrected chi connectivity index (χ2v) is 5.26. The van der Waals surface area contributed by atoms with Gasteiger partial charge in [-0.15, -0.1) is 11.3 Å². The second-order valence-electron chi connectivity index (χ2n) is 2.96. The number of thiazole rings is 1. The average Bonchev–Trinajstić information content (AvgIpc) is 2.68. The van der Waals surface area contributed by atoms with Gasteiger partial charge < -0.3 is 9.90 Å². The number of fused-ring (bicyclic) bond motifs is 1. The van der Waals surface area contributed by atoms with Gasteiger partial charge in [-0.3, -0.25) is 0 Å². The molecule has 0 saturated carbocycles. The maximum atomic E-state index is 10.2. The van der Waals surface area contributed by atoms with E-state index in [2.05, 4.69) is 4.98 Å². The highest BCUT2D eigenvalue weighted by Crippen LogP contribution is 2.29. The zero-order chi connectivity index (χ0) is 10.7. The van der Waals surface area contributed by atoms with Crippen LogP contribution in [-0.4, -0.2) is 28.2 Å². The van der Waals surface area contributed by atoms with E-state index >= 15 is 0 Å². The van der Waals surface area contributed by atoms with Gasteiger partial charge in [0.1, 0.15) is 12.4 Å². The number of aromatic nitrogens is 1. The van der Waals surface area contributed by atoms with E-state index < -0.39 is 6.10 Å². The van der Waals surface area contributed by atoms with Crippen molar-refractivity contribution >= 4 is 39.6 Å². The Morgan fingerprint density at radius 2 is 2.33 bits per heavy atom. The van der Waals surface area contributed by atoms with E-state index in [0.717, 1.165) is 14.6 Å². The standard InChI is InChI=1S/C10H9NO2S2/c12-5-7(13)6-14-10-11-8-3-1-2-4-9(8)15-10/h1-5,7,13H,6H2. The predicted molar refractivity (Wildman–Crippen MR) is 62.4 cm³/mol. The van der Waals surface area contributed by atoms with E-state index in [9.17, 15) is 4.79 Å². The van der Waals surface area contributed by atoms with Crippen molar-refractivity contribution in [3.05, 3.63) is 24.3 Å². The minimum atomic E-state index is -0.901. The molecule has 5 heteroatoms. The van der Waals surface area contributed by atoms with E-state index in [1.165, 1.54) is 11.8 Å². The number of carbonyl (C=O) groups excluding carboxylic acids is 1. The predicted octanol–water partition coefficient (Wildman–Crippen LogP) is 1.95. The van der Waals surface area contributed by atoms with Crippen LogP contribution in [-0.2, 0) is 4.79 Å². The van der Waals surface area contributed by atoms with Crippen molar-refractivity contribution in [1.82, 2.24) is 4.98 Å². The molecule has 1 aromatic heterocycles. The lowest BCUT2D eigenvalue weighted by Gasteiger charge is -1.97. The molecule has 0 bridgehead atoms. The third-order valence-electron chi connectivity index (χ3n) is 1.81. The fraction of sp³-hybridized carbons (Fsp3) is 0.200. The lowest BCUT2D eigenvalue weighted by molar-refractivity contribution is -0.113. The first kappa shape index (κ1) is 10.6. The van der Waals surface area contributed by atoms with E-state index in [0.29, 0.717) is 12.0 Å². The van der Waals surface area contributed by atoms with E-state index in [1.807, 2.05) is 24.3 Å². The van der Waals surface area contributed by atoms with Gasteiger partial charge in [-0.25, -0.2) is 4.98 Å². The van der Waals surface area contributed by atoms with Gasteiger partial charge in [-0.05, 0) is 12.1 Å². The van der Waals surface area contributed by atoms with Crippen molar-refractivity contribution in [2.75, 3.05) is 5.75 Å². The van der Waals surface area contributed by atoms with Gasteiger partial charge in [0, 0.05) is 5.75 Å². The summed E-state index contributed by atoms with van der Waals surface area (Å²) in [5.41, 5.74) is 0.964. The highest BCUT2D eigenvalue weighted by molar-refractivity contribution is 8.01. The van der Waals surface area contributed by atoms with Crippen LogP contribution in [0.2, 0.25) is 0 Å². The third kappa shape index (κ3) is 2.56. The summed E-state index contributed by atoms with van der Waals surface area (Å²) in [5, 5.41) is 9.08. The molecular weight excluding hydrogens is 230 g/mol. The fourth-order valence-electron chi connectivity index (χ4n) is 1.11. The van der Waals surface area contributed by atoms with Crippen molar-refractivity contribution in [1.29, 1.82) is 0 Å². The number of aliphatic hydroxyl groups is 1. The van der Waals surface area contributed by atoms with Gasteiger partial charge in [-0.1, -0.05) is 23.9 Å². The lowest BCUT2D eigenvalue weighted by atomic mass is 10.3. The monoisotopic (exact) mass is 239 g/mol. The van der Waals surface area contributed by atoms with Crippen LogP contribution in [0.25, 0.3) is 10.2 Å². The number of carbonyl (C=O) groups is 1. The Bertz CT molecular complexity index is 436. The van der Waals surface area contributed by atoms with Crippen LogP contribution in [0.3, 0.4) is 0 Å². The minimum absolute atomic E-state index is 0.364. The summed E-state index contributed by atoms with van der Waals surface area (Å²) < 4.78 is 2.01. The average molecular weight is 239 g/mol. The van der Waals surface area contributed by atoms with Crippen LogP contribution in [0.5, 0.6) is 0 Å². The molecule has 0 spiro atoms. The molecule has 0 radical (unpaired) electrons. The summed E-state index contributed by atoms with van der Waals surface area (Å²) in [6.45, 7) is 0. The zero-order valence-corrected chi connectivity index (χ0v) is 9.42. The number of para-hydroxylation sites is 1. The molecule has 0 saturated heterocycles. The molecule has 3 nitrogen and oxygen atoms in total. The maximum absolute atomic E-state index is 10.2. The van der Waals surface area contributed by atoms with Crippen LogP contribution >= 0.6 is 23.1 Å². The molecule has 1 heterocycles. The topological polar surface area (TPSA) is 50.2 Å². The molecule has 0 aliphatic heterocycles. The fourth-order valence-corrected chi connectivity index (χ4v) is 3.07. The summed E-state index contributed by atoms with van der Waals surface area (Å²) in [7, 11) is 0. The first-order chi connectivity index (χ1) is 7.29. The second kappa shape index (κ2) is 4.74. The summed E-state index contributed by atoms with van der Waals surface area (Å²) in [6, 6.07) is 7.87. The number of aliphatic hydroxyl groups excluding tert-OH is 1. The van der Waals surface area contributed by atoms with Gasteiger partial charge in [0.2, 0.25) is 0 Å². The zero-order valence-electron chi connectivity index (χ0n) is 7.79. The SMILES string of the molecule is O=CC(O)CSc1nc2ccccc2s1. The molecule has 0 amide bonds. The highest BCUT2D eigenvalue weighted by Gasteiger charge is 2.07. The Morgan fingerprint density at radius 3 is 3.07 bits per heavy atom. The number of rotatable bonds is 4. The largest absolute Gasteiger partial charge is 0.385 e. The molecule has 0 fully saturated rings. The van der Waals surface area contributed by atoms with Crippen LogP contribution < -0.4 is 0 Å². The Hall–Kier alpha value is -0.910. The van der Waals surface area contributed by atoms with Gasteiger partial charge in [0.25, 0.3) is 0 Å². The van der Waals surface area contributed by atoms with Crippen LogP contribution in [0.15, 0.2) is 28.6 Å². The number of hydrogen-bond donors (Lipinski definition) is 1. The lowest BCUT2D eigenvalue weighted by Crippen LogP contribution is -2.10. The van der Waals surface area contributed by atoms with Crippen LogP contribution in [0.1, 0.15) is 0 Å². The Balaban J connectivity index is 2.12. The molecule has 1 unspecified atom stereocenters. The first-order valence-electron chi connectivity index (χ1n) is 4.41. The van der Waals surface area contributed by atoms with E-state index in [4.69, 9.17) is 5.11 Å². The van der Waals surface area contributed by atoms with E-state index in [1.54, 1.807) is 11.3 Å². The number of thioether (sulfide) groups is 1. The molecule has 78 valence electrons.